The number of carbonyl (C=O) groups excluding carboxylic acids is 1. The molecule has 4 fully saturated rings. The Balaban J connectivity index is 0.000000706. The highest BCUT2D eigenvalue weighted by Crippen LogP contribution is 2.43. The van der Waals surface area contributed by atoms with Gasteiger partial charge in [0.05, 0.1) is 6.04 Å². The highest BCUT2D eigenvalue weighted by molar-refractivity contribution is 7.99. The number of piperidine rings is 1. The maximum Gasteiger partial charge on any atom is 0.209 e. The van der Waals surface area contributed by atoms with Crippen LogP contribution in [0.4, 0.5) is 11.4 Å². The molecule has 4 aliphatic rings. The lowest BCUT2D eigenvalue weighted by atomic mass is 9.73. The smallest absolute Gasteiger partial charge is 0.209 e. The fourth-order valence-electron chi connectivity index (χ4n) is 4.92. The minimum Gasteiger partial charge on any atom is -0.370 e. The first kappa shape index (κ1) is 21.3. The Labute approximate surface area is 174 Å². The number of rotatable bonds is 3. The Bertz CT molecular complexity index is 630. The summed E-state index contributed by atoms with van der Waals surface area (Å²) in [5, 5.41) is 2.75. The van der Waals surface area contributed by atoms with Gasteiger partial charge in [-0.3, -0.25) is 4.79 Å². The molecule has 1 aromatic carbocycles. The minimum atomic E-state index is 0.240. The van der Waals surface area contributed by atoms with Gasteiger partial charge in [-0.25, -0.2) is 0 Å². The number of thioether (sulfide) groups is 1. The minimum absolute atomic E-state index is 0.240. The summed E-state index contributed by atoms with van der Waals surface area (Å²) in [6, 6.07) is 9.55. The summed E-state index contributed by atoms with van der Waals surface area (Å²) >= 11 is 2.05. The second kappa shape index (κ2) is 9.40. The lowest BCUT2D eigenvalue weighted by Gasteiger charge is -2.48. The zero-order valence-electron chi connectivity index (χ0n) is 17.9. The Morgan fingerprint density at radius 2 is 1.64 bits per heavy atom. The highest BCUT2D eigenvalue weighted by Gasteiger charge is 2.45. The van der Waals surface area contributed by atoms with E-state index >= 15 is 0 Å². The molecule has 5 nitrogen and oxygen atoms in total. The summed E-state index contributed by atoms with van der Waals surface area (Å²) in [7, 11) is 3.75. The van der Waals surface area contributed by atoms with Gasteiger partial charge in [0.1, 0.15) is 0 Å². The third-order valence-electron chi connectivity index (χ3n) is 6.15. The summed E-state index contributed by atoms with van der Waals surface area (Å²) in [5.74, 6) is 3.03. The molecular weight excluding hydrogens is 368 g/mol. The molecule has 0 saturated carbocycles. The number of benzene rings is 1. The van der Waals surface area contributed by atoms with Gasteiger partial charge in [-0.15, -0.1) is 0 Å². The lowest BCUT2D eigenvalue weighted by molar-refractivity contribution is -0.118. The van der Waals surface area contributed by atoms with Crippen molar-refractivity contribution in [1.29, 1.82) is 0 Å². The fraction of sp³-hybridized carbons (Fsp3) is 0.682. The van der Waals surface area contributed by atoms with Crippen molar-refractivity contribution in [3.8, 4) is 0 Å². The molecule has 1 amide bonds. The summed E-state index contributed by atoms with van der Waals surface area (Å²) < 4.78 is 0. The van der Waals surface area contributed by atoms with E-state index in [9.17, 15) is 4.79 Å². The number of nitrogens with zero attached hydrogens (tertiary/aromatic N) is 3. The van der Waals surface area contributed by atoms with Crippen molar-refractivity contribution in [2.45, 2.75) is 26.3 Å². The molecule has 0 spiro atoms. The zero-order chi connectivity index (χ0) is 20.1. The largest absolute Gasteiger partial charge is 0.370 e. The van der Waals surface area contributed by atoms with Crippen LogP contribution in [-0.2, 0) is 4.79 Å². The van der Waals surface area contributed by atoms with Crippen LogP contribution in [0.2, 0.25) is 0 Å². The second-order valence-corrected chi connectivity index (χ2v) is 10.1. The van der Waals surface area contributed by atoms with Crippen LogP contribution in [0.25, 0.3) is 0 Å². The van der Waals surface area contributed by atoms with Gasteiger partial charge < -0.3 is 20.0 Å². The Morgan fingerprint density at radius 1 is 1.04 bits per heavy atom. The highest BCUT2D eigenvalue weighted by atomic mass is 32.2. The maximum atomic E-state index is 11.4. The Morgan fingerprint density at radius 3 is 2.25 bits per heavy atom. The van der Waals surface area contributed by atoms with E-state index in [-0.39, 0.29) is 5.41 Å². The van der Waals surface area contributed by atoms with E-state index in [1.807, 2.05) is 30.8 Å². The van der Waals surface area contributed by atoms with Gasteiger partial charge in [-0.1, -0.05) is 13.8 Å². The van der Waals surface area contributed by atoms with Crippen LogP contribution in [0, 0.1) is 11.3 Å². The monoisotopic (exact) mass is 404 g/mol. The van der Waals surface area contributed by atoms with E-state index < -0.39 is 0 Å². The molecule has 6 heteroatoms. The molecule has 4 aliphatic heterocycles. The summed E-state index contributed by atoms with van der Waals surface area (Å²) in [4.78, 5) is 18.5. The molecule has 5 rings (SSSR count). The third-order valence-corrected chi connectivity index (χ3v) is 7.10. The SMILES string of the molecule is CC1(C)CC2CN(C=O)CC1N(c1ccc(N3CCSCC3)cc1)C2.CNC. The molecule has 2 atom stereocenters. The first-order chi connectivity index (χ1) is 13.5. The van der Waals surface area contributed by atoms with Gasteiger partial charge in [0.2, 0.25) is 6.41 Å². The van der Waals surface area contributed by atoms with Crippen LogP contribution < -0.4 is 15.1 Å². The van der Waals surface area contributed by atoms with E-state index in [2.05, 4.69) is 53.2 Å². The number of hydrogen-bond donors (Lipinski definition) is 1. The number of amides is 1. The van der Waals surface area contributed by atoms with E-state index in [4.69, 9.17) is 0 Å². The van der Waals surface area contributed by atoms with Gasteiger partial charge in [0.15, 0.2) is 0 Å². The van der Waals surface area contributed by atoms with Crippen molar-refractivity contribution in [3.63, 3.8) is 0 Å². The molecule has 0 radical (unpaired) electrons. The molecule has 1 N–H and O–H groups in total. The summed E-state index contributed by atoms with van der Waals surface area (Å²) in [6.45, 7) is 9.86. The standard InChI is InChI=1S/C20H29N3OS.C2H7N/c1-20(2)11-16-12-21(15-24)14-19(20)23(13-16)18-5-3-17(4-6-18)22-7-9-25-10-8-22;1-3-2/h3-6,15-16,19H,7-14H2,1-2H3;3H,1-2H3. The number of carbonyl (C=O) groups is 1. The molecule has 2 unspecified atom stereocenters. The molecule has 28 heavy (non-hydrogen) atoms. The lowest BCUT2D eigenvalue weighted by Crippen LogP contribution is -2.53. The van der Waals surface area contributed by atoms with Crippen LogP contribution in [0.15, 0.2) is 24.3 Å². The van der Waals surface area contributed by atoms with E-state index in [1.54, 1.807) is 0 Å². The first-order valence-electron chi connectivity index (χ1n) is 10.5. The van der Waals surface area contributed by atoms with Gasteiger partial charge in [0, 0.05) is 55.6 Å². The number of nitrogens with one attached hydrogen (secondary N) is 1. The van der Waals surface area contributed by atoms with E-state index in [1.165, 1.54) is 29.3 Å². The van der Waals surface area contributed by atoms with Crippen LogP contribution in [0.1, 0.15) is 20.3 Å². The second-order valence-electron chi connectivity index (χ2n) is 8.90. The topological polar surface area (TPSA) is 38.8 Å². The van der Waals surface area contributed by atoms with E-state index in [0.717, 1.165) is 39.1 Å². The normalized spacial score (nSPS) is 26.4. The molecular formula is C22H36N4OS. The number of hydrogen-bond acceptors (Lipinski definition) is 5. The van der Waals surface area contributed by atoms with Crippen molar-refractivity contribution < 1.29 is 4.79 Å². The van der Waals surface area contributed by atoms with Gasteiger partial charge >= 0.3 is 0 Å². The Kier molecular flexibility index (Phi) is 7.15. The number of fused-ring (bicyclic) bond motifs is 4. The van der Waals surface area contributed by atoms with Gasteiger partial charge in [0.25, 0.3) is 0 Å². The van der Waals surface area contributed by atoms with Gasteiger partial charge in [-0.05, 0) is 56.1 Å². The predicted octanol–water partition coefficient (Wildman–Crippen LogP) is 2.77. The predicted molar refractivity (Wildman–Crippen MR) is 122 cm³/mol. The quantitative estimate of drug-likeness (QED) is 0.785. The van der Waals surface area contributed by atoms with Gasteiger partial charge in [-0.2, -0.15) is 11.8 Å². The summed E-state index contributed by atoms with van der Waals surface area (Å²) in [5.41, 5.74) is 2.90. The maximum absolute atomic E-state index is 11.4. The van der Waals surface area contributed by atoms with Crippen LogP contribution in [-0.4, -0.2) is 75.7 Å². The van der Waals surface area contributed by atoms with Crippen LogP contribution in [0.3, 0.4) is 0 Å². The molecule has 4 saturated heterocycles. The van der Waals surface area contributed by atoms with Crippen molar-refractivity contribution >= 4 is 29.5 Å². The fourth-order valence-corrected chi connectivity index (χ4v) is 5.82. The molecule has 156 valence electrons. The van der Waals surface area contributed by atoms with Crippen molar-refractivity contribution in [1.82, 2.24) is 10.2 Å². The number of anilines is 2. The summed E-state index contributed by atoms with van der Waals surface area (Å²) in [6.07, 6.45) is 2.25. The van der Waals surface area contributed by atoms with Crippen molar-refractivity contribution in [3.05, 3.63) is 24.3 Å². The van der Waals surface area contributed by atoms with Crippen LogP contribution in [0.5, 0.6) is 0 Å². The zero-order valence-corrected chi connectivity index (χ0v) is 18.7. The average molecular weight is 405 g/mol. The molecule has 4 heterocycles. The molecule has 2 bridgehead atoms. The first-order valence-corrected chi connectivity index (χ1v) is 11.6. The van der Waals surface area contributed by atoms with E-state index in [0.29, 0.717) is 12.0 Å². The molecule has 1 aromatic rings. The average Bonchev–Trinajstić information content (AvgIpc) is 2.96. The van der Waals surface area contributed by atoms with Crippen molar-refractivity contribution in [2.24, 2.45) is 11.3 Å². The molecule has 0 aliphatic carbocycles. The molecule has 0 aromatic heterocycles. The Hall–Kier alpha value is -1.40. The third kappa shape index (κ3) is 4.77. The van der Waals surface area contributed by atoms with Crippen molar-refractivity contribution in [2.75, 3.05) is 68.1 Å². The van der Waals surface area contributed by atoms with Crippen LogP contribution >= 0.6 is 11.8 Å².